The lowest BCUT2D eigenvalue weighted by molar-refractivity contribution is 0.354. The van der Waals surface area contributed by atoms with Crippen molar-refractivity contribution in [2.45, 2.75) is 20.3 Å². The van der Waals surface area contributed by atoms with Crippen molar-refractivity contribution in [1.29, 1.82) is 0 Å². The zero-order valence-electron chi connectivity index (χ0n) is 18.0. The Kier molecular flexibility index (Phi) is 5.79. The van der Waals surface area contributed by atoms with E-state index in [2.05, 4.69) is 20.4 Å². The quantitative estimate of drug-likeness (QED) is 0.487. The van der Waals surface area contributed by atoms with Gasteiger partial charge in [-0.2, -0.15) is 9.78 Å². The van der Waals surface area contributed by atoms with E-state index in [0.29, 0.717) is 29.6 Å². The molecule has 0 saturated carbocycles. The van der Waals surface area contributed by atoms with Crippen LogP contribution < -0.4 is 14.8 Å². The molecule has 1 aromatic carbocycles. The molecule has 8 nitrogen and oxygen atoms in total. The number of benzene rings is 1. The van der Waals surface area contributed by atoms with Crippen molar-refractivity contribution in [3.05, 3.63) is 77.5 Å². The van der Waals surface area contributed by atoms with Crippen molar-refractivity contribution in [3.8, 4) is 17.3 Å². The standard InChI is InChI=1S/C23H24N6O2/c1-15-16(2)28-29(22-7-5-6-11-25-22)23(15)27-20-10-12-24-21(26-20)14-17-8-9-18(30-3)19(13-17)31-4/h5-13H,14H2,1-4H3,(H,24,26,27). The first-order chi connectivity index (χ1) is 15.1. The minimum atomic E-state index is 0.563. The van der Waals surface area contributed by atoms with Crippen molar-refractivity contribution >= 4 is 11.6 Å². The molecule has 4 aromatic rings. The Labute approximate surface area is 180 Å². The van der Waals surface area contributed by atoms with Crippen LogP contribution in [-0.4, -0.2) is 39.0 Å². The highest BCUT2D eigenvalue weighted by molar-refractivity contribution is 5.59. The first-order valence-electron chi connectivity index (χ1n) is 9.86. The largest absolute Gasteiger partial charge is 0.493 e. The third-order valence-electron chi connectivity index (χ3n) is 4.99. The number of rotatable bonds is 7. The molecule has 3 aromatic heterocycles. The Hall–Kier alpha value is -3.94. The van der Waals surface area contributed by atoms with Crippen molar-refractivity contribution in [3.63, 3.8) is 0 Å². The molecule has 0 spiro atoms. The molecule has 0 radical (unpaired) electrons. The van der Waals surface area contributed by atoms with Gasteiger partial charge < -0.3 is 14.8 Å². The summed E-state index contributed by atoms with van der Waals surface area (Å²) in [5.74, 6) is 4.31. The number of aromatic nitrogens is 5. The highest BCUT2D eigenvalue weighted by Gasteiger charge is 2.15. The number of methoxy groups -OCH3 is 2. The lowest BCUT2D eigenvalue weighted by Crippen LogP contribution is -2.07. The number of ether oxygens (including phenoxy) is 2. The van der Waals surface area contributed by atoms with Crippen LogP contribution in [0.3, 0.4) is 0 Å². The van der Waals surface area contributed by atoms with Gasteiger partial charge in [0.15, 0.2) is 17.3 Å². The van der Waals surface area contributed by atoms with E-state index in [1.54, 1.807) is 31.3 Å². The third-order valence-corrected chi connectivity index (χ3v) is 4.99. The van der Waals surface area contributed by atoms with E-state index in [4.69, 9.17) is 14.5 Å². The summed E-state index contributed by atoms with van der Waals surface area (Å²) in [4.78, 5) is 13.5. The van der Waals surface area contributed by atoms with Crippen LogP contribution >= 0.6 is 0 Å². The number of nitrogens with one attached hydrogen (secondary N) is 1. The van der Waals surface area contributed by atoms with Crippen LogP contribution in [0, 0.1) is 13.8 Å². The highest BCUT2D eigenvalue weighted by atomic mass is 16.5. The van der Waals surface area contributed by atoms with Crippen LogP contribution in [0.5, 0.6) is 11.5 Å². The van der Waals surface area contributed by atoms with E-state index in [9.17, 15) is 0 Å². The minimum absolute atomic E-state index is 0.563. The maximum atomic E-state index is 5.39. The van der Waals surface area contributed by atoms with E-state index < -0.39 is 0 Å². The first-order valence-corrected chi connectivity index (χ1v) is 9.86. The molecule has 3 heterocycles. The molecule has 1 N–H and O–H groups in total. The predicted octanol–water partition coefficient (Wildman–Crippen LogP) is 4.03. The van der Waals surface area contributed by atoms with Crippen molar-refractivity contribution < 1.29 is 9.47 Å². The molecule has 158 valence electrons. The molecule has 0 atom stereocenters. The number of pyridine rings is 1. The second kappa shape index (κ2) is 8.83. The van der Waals surface area contributed by atoms with Gasteiger partial charge in [0.25, 0.3) is 0 Å². The van der Waals surface area contributed by atoms with Crippen molar-refractivity contribution in [2.24, 2.45) is 0 Å². The molecule has 0 saturated heterocycles. The van der Waals surface area contributed by atoms with Crippen LogP contribution in [0.1, 0.15) is 22.6 Å². The first kappa shape index (κ1) is 20.3. The van der Waals surface area contributed by atoms with Gasteiger partial charge in [0.1, 0.15) is 17.5 Å². The van der Waals surface area contributed by atoms with E-state index in [1.165, 1.54) is 0 Å². The normalized spacial score (nSPS) is 10.7. The molecular formula is C23H24N6O2. The van der Waals surface area contributed by atoms with Gasteiger partial charge >= 0.3 is 0 Å². The van der Waals surface area contributed by atoms with Crippen molar-refractivity contribution in [2.75, 3.05) is 19.5 Å². The zero-order valence-corrected chi connectivity index (χ0v) is 18.0. The summed E-state index contributed by atoms with van der Waals surface area (Å²) in [5.41, 5.74) is 2.99. The maximum absolute atomic E-state index is 5.39. The van der Waals surface area contributed by atoms with Crippen LogP contribution in [0.25, 0.3) is 5.82 Å². The molecule has 4 rings (SSSR count). The van der Waals surface area contributed by atoms with Crippen LogP contribution in [-0.2, 0) is 6.42 Å². The summed E-state index contributed by atoms with van der Waals surface area (Å²) in [7, 11) is 3.24. The number of hydrogen-bond acceptors (Lipinski definition) is 7. The maximum Gasteiger partial charge on any atom is 0.161 e. The monoisotopic (exact) mass is 416 g/mol. The van der Waals surface area contributed by atoms with Gasteiger partial charge in [-0.1, -0.05) is 12.1 Å². The topological polar surface area (TPSA) is 87.0 Å². The fourth-order valence-corrected chi connectivity index (χ4v) is 3.25. The summed E-state index contributed by atoms with van der Waals surface area (Å²) in [6.45, 7) is 4.00. The minimum Gasteiger partial charge on any atom is -0.493 e. The average molecular weight is 416 g/mol. The van der Waals surface area contributed by atoms with Gasteiger partial charge in [0.2, 0.25) is 0 Å². The molecule has 8 heteroatoms. The highest BCUT2D eigenvalue weighted by Crippen LogP contribution is 2.28. The van der Waals surface area contributed by atoms with Gasteiger partial charge in [0, 0.05) is 24.4 Å². The Morgan fingerprint density at radius 2 is 1.77 bits per heavy atom. The van der Waals surface area contributed by atoms with E-state index >= 15 is 0 Å². The predicted molar refractivity (Wildman–Crippen MR) is 118 cm³/mol. The molecule has 0 amide bonds. The number of nitrogens with zero attached hydrogens (tertiary/aromatic N) is 5. The summed E-state index contributed by atoms with van der Waals surface area (Å²) >= 11 is 0. The molecular weight excluding hydrogens is 392 g/mol. The van der Waals surface area contributed by atoms with Crippen LogP contribution in [0.4, 0.5) is 11.6 Å². The smallest absolute Gasteiger partial charge is 0.161 e. The molecule has 0 unspecified atom stereocenters. The average Bonchev–Trinajstić information content (AvgIpc) is 3.08. The van der Waals surface area contributed by atoms with Gasteiger partial charge in [-0.15, -0.1) is 0 Å². The molecule has 0 aliphatic rings. The van der Waals surface area contributed by atoms with Gasteiger partial charge in [-0.05, 0) is 49.7 Å². The fourth-order valence-electron chi connectivity index (χ4n) is 3.25. The Bertz CT molecular complexity index is 1190. The SMILES string of the molecule is COc1ccc(Cc2nccc(Nc3c(C)c(C)nn3-c3ccccn3)n2)cc1OC. The molecule has 0 aliphatic carbocycles. The Balaban J connectivity index is 1.61. The Morgan fingerprint density at radius 3 is 2.52 bits per heavy atom. The second-order valence-corrected chi connectivity index (χ2v) is 7.01. The summed E-state index contributed by atoms with van der Waals surface area (Å²) < 4.78 is 12.5. The van der Waals surface area contributed by atoms with E-state index in [1.807, 2.05) is 56.3 Å². The van der Waals surface area contributed by atoms with Gasteiger partial charge in [-0.25, -0.2) is 15.0 Å². The molecule has 0 aliphatic heterocycles. The molecule has 0 fully saturated rings. The second-order valence-electron chi connectivity index (χ2n) is 7.01. The number of anilines is 2. The molecule has 31 heavy (non-hydrogen) atoms. The van der Waals surface area contributed by atoms with E-state index in [0.717, 1.165) is 28.5 Å². The van der Waals surface area contributed by atoms with Gasteiger partial charge in [0.05, 0.1) is 19.9 Å². The van der Waals surface area contributed by atoms with Crippen molar-refractivity contribution in [1.82, 2.24) is 24.7 Å². The van der Waals surface area contributed by atoms with Crippen LogP contribution in [0.2, 0.25) is 0 Å². The summed E-state index contributed by atoms with van der Waals surface area (Å²) in [6.07, 6.45) is 4.06. The number of aryl methyl sites for hydroxylation is 1. The summed E-state index contributed by atoms with van der Waals surface area (Å²) in [6, 6.07) is 13.4. The van der Waals surface area contributed by atoms with E-state index in [-0.39, 0.29) is 0 Å². The Morgan fingerprint density at radius 1 is 0.935 bits per heavy atom. The van der Waals surface area contributed by atoms with Crippen LogP contribution in [0.15, 0.2) is 54.9 Å². The molecule has 0 bridgehead atoms. The lowest BCUT2D eigenvalue weighted by Gasteiger charge is -2.11. The zero-order chi connectivity index (χ0) is 21.8. The third kappa shape index (κ3) is 4.32. The number of hydrogen-bond donors (Lipinski definition) is 1. The summed E-state index contributed by atoms with van der Waals surface area (Å²) in [5, 5.41) is 8.02. The lowest BCUT2D eigenvalue weighted by atomic mass is 10.1. The van der Waals surface area contributed by atoms with Gasteiger partial charge in [-0.3, -0.25) is 0 Å². The fraction of sp³-hybridized carbons (Fsp3) is 0.217.